The van der Waals surface area contributed by atoms with Crippen LogP contribution in [-0.4, -0.2) is 46.3 Å². The lowest BCUT2D eigenvalue weighted by Gasteiger charge is -2.34. The third-order valence-electron chi connectivity index (χ3n) is 4.48. The fourth-order valence-electron chi connectivity index (χ4n) is 2.99. The van der Waals surface area contributed by atoms with E-state index in [4.69, 9.17) is 21.1 Å². The van der Waals surface area contributed by atoms with Crippen LogP contribution in [0.2, 0.25) is 5.02 Å². The summed E-state index contributed by atoms with van der Waals surface area (Å²) in [6, 6.07) is 9.35. The Kier molecular flexibility index (Phi) is 5.72. The van der Waals surface area contributed by atoms with Crippen LogP contribution in [0.25, 0.3) is 0 Å². The molecule has 0 saturated carbocycles. The number of ether oxygens (including phenoxy) is 2. The van der Waals surface area contributed by atoms with Gasteiger partial charge in [-0.2, -0.15) is 0 Å². The van der Waals surface area contributed by atoms with Gasteiger partial charge in [0.05, 0.1) is 31.2 Å². The number of methoxy groups -OCH3 is 1. The maximum Gasteiger partial charge on any atom is 0.338 e. The summed E-state index contributed by atoms with van der Waals surface area (Å²) >= 11 is 5.97. The predicted molar refractivity (Wildman–Crippen MR) is 109 cm³/mol. The molecule has 0 aliphatic carbocycles. The van der Waals surface area contributed by atoms with Gasteiger partial charge in [0.15, 0.2) is 6.10 Å². The second-order valence-electron chi connectivity index (χ2n) is 6.47. The minimum absolute atomic E-state index is 0.215. The number of rotatable bonds is 4. The highest BCUT2D eigenvalue weighted by molar-refractivity contribution is 7.92. The summed E-state index contributed by atoms with van der Waals surface area (Å²) in [6.07, 6.45) is -0.0540. The van der Waals surface area contributed by atoms with Crippen LogP contribution in [0.4, 0.5) is 11.4 Å². The zero-order valence-corrected chi connectivity index (χ0v) is 17.5. The molecular formula is C19H19ClN2O6S. The number of hydrogen-bond acceptors (Lipinski definition) is 6. The third-order valence-corrected chi connectivity index (χ3v) is 5.86. The van der Waals surface area contributed by atoms with Gasteiger partial charge in [0.2, 0.25) is 10.0 Å². The first-order valence-corrected chi connectivity index (χ1v) is 10.8. The number of anilines is 2. The van der Waals surface area contributed by atoms with E-state index in [1.807, 2.05) is 0 Å². The second kappa shape index (κ2) is 7.92. The number of halogens is 1. The Bertz CT molecular complexity index is 1090. The molecule has 8 nitrogen and oxygen atoms in total. The number of nitrogens with one attached hydrogen (secondary N) is 1. The number of nitrogens with zero attached hydrogens (tertiary/aromatic N) is 1. The van der Waals surface area contributed by atoms with E-state index in [-0.39, 0.29) is 18.0 Å². The van der Waals surface area contributed by atoms with E-state index >= 15 is 0 Å². The summed E-state index contributed by atoms with van der Waals surface area (Å²) in [5.41, 5.74) is 1.51. The maximum absolute atomic E-state index is 12.8. The van der Waals surface area contributed by atoms with E-state index in [0.717, 1.165) is 10.6 Å². The van der Waals surface area contributed by atoms with E-state index in [1.54, 1.807) is 31.2 Å². The number of amides is 1. The van der Waals surface area contributed by atoms with Crippen LogP contribution < -0.4 is 14.4 Å². The average Bonchev–Trinajstić information content (AvgIpc) is 2.67. The Morgan fingerprint density at radius 1 is 1.28 bits per heavy atom. The quantitative estimate of drug-likeness (QED) is 0.736. The van der Waals surface area contributed by atoms with Crippen LogP contribution in [0.3, 0.4) is 0 Å². The molecule has 1 unspecified atom stereocenters. The Labute approximate surface area is 173 Å². The summed E-state index contributed by atoms with van der Waals surface area (Å²) in [5, 5.41) is 3.04. The minimum Gasteiger partial charge on any atom is -0.476 e. The first-order chi connectivity index (χ1) is 13.6. The minimum atomic E-state index is -3.67. The molecule has 0 bridgehead atoms. The SMILES string of the molecule is COC(=O)c1cccc(NC(=O)C2CN(S(C)(=O)=O)c3cc(Cl)ccc3O2)c1C. The van der Waals surface area contributed by atoms with E-state index in [2.05, 4.69) is 5.32 Å². The van der Waals surface area contributed by atoms with Crippen molar-refractivity contribution in [2.45, 2.75) is 13.0 Å². The molecule has 0 radical (unpaired) electrons. The number of fused-ring (bicyclic) bond motifs is 1. The van der Waals surface area contributed by atoms with Crippen LogP contribution in [0.1, 0.15) is 15.9 Å². The molecule has 0 aromatic heterocycles. The second-order valence-corrected chi connectivity index (χ2v) is 8.81. The number of carbonyl (C=O) groups excluding carboxylic acids is 2. The highest BCUT2D eigenvalue weighted by Crippen LogP contribution is 2.37. The lowest BCUT2D eigenvalue weighted by atomic mass is 10.1. The van der Waals surface area contributed by atoms with Gasteiger partial charge in [-0.1, -0.05) is 17.7 Å². The molecule has 3 rings (SSSR count). The molecule has 0 fully saturated rings. The Morgan fingerprint density at radius 2 is 2.00 bits per heavy atom. The van der Waals surface area contributed by atoms with Crippen molar-refractivity contribution in [3.8, 4) is 5.75 Å². The summed E-state index contributed by atoms with van der Waals surface area (Å²) in [4.78, 5) is 24.7. The third kappa shape index (κ3) is 4.30. The first kappa shape index (κ1) is 20.9. The summed E-state index contributed by atoms with van der Waals surface area (Å²) in [7, 11) is -2.40. The maximum atomic E-state index is 12.8. The molecule has 1 N–H and O–H groups in total. The lowest BCUT2D eigenvalue weighted by molar-refractivity contribution is -0.122. The lowest BCUT2D eigenvalue weighted by Crippen LogP contribution is -2.48. The zero-order chi connectivity index (χ0) is 21.3. The Balaban J connectivity index is 1.89. The van der Waals surface area contributed by atoms with Gasteiger partial charge in [0.1, 0.15) is 5.75 Å². The highest BCUT2D eigenvalue weighted by atomic mass is 35.5. The molecule has 2 aromatic rings. The van der Waals surface area contributed by atoms with Crippen molar-refractivity contribution in [3.63, 3.8) is 0 Å². The van der Waals surface area contributed by atoms with Gasteiger partial charge in [-0.3, -0.25) is 9.10 Å². The van der Waals surface area contributed by atoms with Crippen molar-refractivity contribution in [1.82, 2.24) is 0 Å². The average molecular weight is 439 g/mol. The topological polar surface area (TPSA) is 102 Å². The van der Waals surface area contributed by atoms with Gasteiger partial charge >= 0.3 is 5.97 Å². The zero-order valence-electron chi connectivity index (χ0n) is 15.9. The molecule has 2 aromatic carbocycles. The summed E-state index contributed by atoms with van der Waals surface area (Å²) < 4.78 is 36.0. The van der Waals surface area contributed by atoms with Crippen LogP contribution in [0.15, 0.2) is 36.4 Å². The molecule has 29 heavy (non-hydrogen) atoms. The summed E-state index contributed by atoms with van der Waals surface area (Å²) in [5.74, 6) is -0.850. The van der Waals surface area contributed by atoms with Crippen molar-refractivity contribution < 1.29 is 27.5 Å². The molecule has 1 aliphatic heterocycles. The molecule has 154 valence electrons. The fraction of sp³-hybridized carbons (Fsp3) is 0.263. The Morgan fingerprint density at radius 3 is 2.66 bits per heavy atom. The molecule has 1 aliphatic rings. The van der Waals surface area contributed by atoms with Gasteiger partial charge < -0.3 is 14.8 Å². The van der Waals surface area contributed by atoms with Gasteiger partial charge in [0.25, 0.3) is 5.91 Å². The molecular weight excluding hydrogens is 420 g/mol. The monoisotopic (exact) mass is 438 g/mol. The molecule has 1 atom stereocenters. The van der Waals surface area contributed by atoms with Gasteiger partial charge in [0, 0.05) is 10.7 Å². The molecule has 1 heterocycles. The van der Waals surface area contributed by atoms with E-state index in [9.17, 15) is 18.0 Å². The predicted octanol–water partition coefficient (Wildman–Crippen LogP) is 2.60. The normalized spacial score (nSPS) is 15.9. The largest absolute Gasteiger partial charge is 0.476 e. The van der Waals surface area contributed by atoms with Crippen LogP contribution in [0.5, 0.6) is 5.75 Å². The van der Waals surface area contributed by atoms with E-state index in [0.29, 0.717) is 21.8 Å². The van der Waals surface area contributed by atoms with Gasteiger partial charge in [-0.05, 0) is 42.8 Å². The van der Waals surface area contributed by atoms with Crippen molar-refractivity contribution >= 4 is 44.9 Å². The van der Waals surface area contributed by atoms with Crippen LogP contribution in [-0.2, 0) is 19.6 Å². The fourth-order valence-corrected chi connectivity index (χ4v) is 4.06. The number of sulfonamides is 1. The smallest absolute Gasteiger partial charge is 0.338 e. The highest BCUT2D eigenvalue weighted by Gasteiger charge is 2.35. The molecule has 10 heteroatoms. The molecule has 0 saturated heterocycles. The van der Waals surface area contributed by atoms with Crippen LogP contribution in [0, 0.1) is 6.92 Å². The Hall–Kier alpha value is -2.78. The summed E-state index contributed by atoms with van der Waals surface area (Å²) in [6.45, 7) is 1.46. The number of carbonyl (C=O) groups is 2. The van der Waals surface area contributed by atoms with Crippen molar-refractivity contribution in [2.24, 2.45) is 0 Å². The van der Waals surface area contributed by atoms with Gasteiger partial charge in [-0.25, -0.2) is 13.2 Å². The standard InChI is InChI=1S/C19H19ClN2O6S/c1-11-13(19(24)27-2)5-4-6-14(11)21-18(23)17-10-22(29(3,25)26)15-9-12(20)7-8-16(15)28-17/h4-9,17H,10H2,1-3H3,(H,21,23). The molecule has 0 spiro atoms. The van der Waals surface area contributed by atoms with E-state index < -0.39 is 28.0 Å². The van der Waals surface area contributed by atoms with Crippen molar-refractivity contribution in [3.05, 3.63) is 52.5 Å². The van der Waals surface area contributed by atoms with E-state index in [1.165, 1.54) is 19.2 Å². The number of hydrogen-bond donors (Lipinski definition) is 1. The van der Waals surface area contributed by atoms with Crippen molar-refractivity contribution in [1.29, 1.82) is 0 Å². The first-order valence-electron chi connectivity index (χ1n) is 8.54. The number of esters is 1. The number of benzene rings is 2. The molecule has 1 amide bonds. The van der Waals surface area contributed by atoms with Crippen molar-refractivity contribution in [2.75, 3.05) is 29.5 Å². The van der Waals surface area contributed by atoms with Crippen LogP contribution >= 0.6 is 11.6 Å². The van der Waals surface area contributed by atoms with Gasteiger partial charge in [-0.15, -0.1) is 0 Å².